The average Bonchev–Trinajstić information content (AvgIpc) is 2.49. The van der Waals surface area contributed by atoms with E-state index in [1.165, 1.54) is 6.26 Å². The van der Waals surface area contributed by atoms with Gasteiger partial charge in [0.25, 0.3) is 0 Å². The third-order valence-corrected chi connectivity index (χ3v) is 2.28. The third kappa shape index (κ3) is 1.50. The fraction of sp³-hybridized carbons (Fsp3) is 0. The minimum atomic E-state index is -1.51. The van der Waals surface area contributed by atoms with Crippen LogP contribution < -0.4 is 5.46 Å². The van der Waals surface area contributed by atoms with Crippen molar-refractivity contribution in [3.05, 3.63) is 28.9 Å². The lowest BCUT2D eigenvalue weighted by atomic mass is 9.79. The predicted molar refractivity (Wildman–Crippen MR) is 53.7 cm³/mol. The Morgan fingerprint density at radius 1 is 1.31 bits per heavy atom. The van der Waals surface area contributed by atoms with Gasteiger partial charge >= 0.3 is 7.12 Å². The molecule has 0 bridgehead atoms. The molecule has 0 aliphatic rings. The van der Waals surface area contributed by atoms with E-state index in [-0.39, 0.29) is 0 Å². The van der Waals surface area contributed by atoms with Crippen LogP contribution in [0.3, 0.4) is 0 Å². The summed E-state index contributed by atoms with van der Waals surface area (Å²) < 4.78 is 5.92. The number of furan rings is 1. The maximum Gasteiger partial charge on any atom is 0.492 e. The Kier molecular flexibility index (Phi) is 2.15. The molecular weight excluding hydrogens is 235 g/mol. The highest BCUT2D eigenvalue weighted by Gasteiger charge is 2.17. The van der Waals surface area contributed by atoms with Gasteiger partial charge in [-0.1, -0.05) is 15.9 Å². The topological polar surface area (TPSA) is 53.6 Å². The van der Waals surface area contributed by atoms with Crippen LogP contribution in [0.15, 0.2) is 33.4 Å². The summed E-state index contributed by atoms with van der Waals surface area (Å²) in [5.41, 5.74) is 0.882. The van der Waals surface area contributed by atoms with Crippen molar-refractivity contribution in [1.82, 2.24) is 0 Å². The molecule has 5 heteroatoms. The lowest BCUT2D eigenvalue weighted by Gasteiger charge is -2.00. The van der Waals surface area contributed by atoms with Gasteiger partial charge in [-0.05, 0) is 18.2 Å². The van der Waals surface area contributed by atoms with E-state index < -0.39 is 7.12 Å². The average molecular weight is 241 g/mol. The van der Waals surface area contributed by atoms with Crippen molar-refractivity contribution >= 4 is 39.5 Å². The number of fused-ring (bicyclic) bond motifs is 1. The molecular formula is C8H6BBrO3. The Morgan fingerprint density at radius 3 is 2.77 bits per heavy atom. The molecule has 2 N–H and O–H groups in total. The van der Waals surface area contributed by atoms with Crippen molar-refractivity contribution in [1.29, 1.82) is 0 Å². The van der Waals surface area contributed by atoms with Gasteiger partial charge in [0.1, 0.15) is 5.58 Å². The molecule has 1 aromatic heterocycles. The van der Waals surface area contributed by atoms with E-state index in [0.29, 0.717) is 11.0 Å². The van der Waals surface area contributed by atoms with E-state index in [9.17, 15) is 0 Å². The Hall–Kier alpha value is -0.775. The molecule has 66 valence electrons. The molecule has 0 aliphatic carbocycles. The van der Waals surface area contributed by atoms with Crippen LogP contribution in [0.25, 0.3) is 11.0 Å². The second-order valence-corrected chi connectivity index (χ2v) is 3.62. The summed E-state index contributed by atoms with van der Waals surface area (Å²) in [6.07, 6.45) is 1.52. The molecule has 1 heterocycles. The van der Waals surface area contributed by atoms with Crippen LogP contribution in [-0.2, 0) is 0 Å². The SMILES string of the molecule is OB(O)c1cc(Br)cc2ccoc12. The van der Waals surface area contributed by atoms with Crippen LogP contribution in [0.4, 0.5) is 0 Å². The summed E-state index contributed by atoms with van der Waals surface area (Å²) in [5.74, 6) is 0. The molecule has 0 aliphatic heterocycles. The fourth-order valence-electron chi connectivity index (χ4n) is 1.26. The minimum absolute atomic E-state index is 0.370. The third-order valence-electron chi connectivity index (χ3n) is 1.82. The van der Waals surface area contributed by atoms with E-state index in [1.54, 1.807) is 12.1 Å². The number of halogens is 1. The normalized spacial score (nSPS) is 10.7. The molecule has 0 saturated carbocycles. The first kappa shape index (κ1) is 8.81. The van der Waals surface area contributed by atoms with Gasteiger partial charge in [-0.3, -0.25) is 0 Å². The molecule has 0 radical (unpaired) electrons. The highest BCUT2D eigenvalue weighted by Crippen LogP contribution is 2.19. The first-order valence-corrected chi connectivity index (χ1v) is 4.50. The van der Waals surface area contributed by atoms with Crippen molar-refractivity contribution in [3.63, 3.8) is 0 Å². The van der Waals surface area contributed by atoms with Crippen LogP contribution in [0.5, 0.6) is 0 Å². The second kappa shape index (κ2) is 3.18. The molecule has 0 amide bonds. The number of hydrogen-bond acceptors (Lipinski definition) is 3. The molecule has 13 heavy (non-hydrogen) atoms. The summed E-state index contributed by atoms with van der Waals surface area (Å²) in [7, 11) is -1.51. The molecule has 1 aromatic carbocycles. The Balaban J connectivity index is 2.77. The zero-order chi connectivity index (χ0) is 9.42. The molecule has 3 nitrogen and oxygen atoms in total. The predicted octanol–water partition coefficient (Wildman–Crippen LogP) is 0.875. The van der Waals surface area contributed by atoms with Gasteiger partial charge < -0.3 is 14.5 Å². The molecule has 2 aromatic rings. The zero-order valence-electron chi connectivity index (χ0n) is 6.57. The molecule has 0 unspecified atom stereocenters. The number of rotatable bonds is 1. The van der Waals surface area contributed by atoms with Crippen molar-refractivity contribution < 1.29 is 14.5 Å². The van der Waals surface area contributed by atoms with Gasteiger partial charge in [-0.15, -0.1) is 0 Å². The lowest BCUT2D eigenvalue weighted by molar-refractivity contribution is 0.425. The van der Waals surface area contributed by atoms with Crippen molar-refractivity contribution in [2.45, 2.75) is 0 Å². The zero-order valence-corrected chi connectivity index (χ0v) is 8.15. The van der Waals surface area contributed by atoms with Gasteiger partial charge in [-0.25, -0.2) is 0 Å². The highest BCUT2D eigenvalue weighted by atomic mass is 79.9. The smallest absolute Gasteiger partial charge is 0.465 e. The van der Waals surface area contributed by atoms with Crippen LogP contribution >= 0.6 is 15.9 Å². The standard InChI is InChI=1S/C8H6BBrO3/c10-6-3-5-1-2-13-8(5)7(4-6)9(11)12/h1-4,11-12H. The summed E-state index contributed by atoms with van der Waals surface area (Å²) >= 11 is 3.27. The van der Waals surface area contributed by atoms with E-state index in [0.717, 1.165) is 9.86 Å². The second-order valence-electron chi connectivity index (χ2n) is 2.71. The highest BCUT2D eigenvalue weighted by molar-refractivity contribution is 9.10. The first-order valence-electron chi connectivity index (χ1n) is 3.71. The van der Waals surface area contributed by atoms with E-state index in [4.69, 9.17) is 14.5 Å². The van der Waals surface area contributed by atoms with Crippen molar-refractivity contribution in [2.75, 3.05) is 0 Å². The largest absolute Gasteiger partial charge is 0.492 e. The van der Waals surface area contributed by atoms with Crippen LogP contribution in [-0.4, -0.2) is 17.2 Å². The Labute approximate surface area is 83.3 Å². The molecule has 0 fully saturated rings. The van der Waals surface area contributed by atoms with Crippen LogP contribution in [0, 0.1) is 0 Å². The van der Waals surface area contributed by atoms with Crippen molar-refractivity contribution in [3.8, 4) is 0 Å². The van der Waals surface area contributed by atoms with Gasteiger partial charge in [0.2, 0.25) is 0 Å². The lowest BCUT2D eigenvalue weighted by Crippen LogP contribution is -2.30. The van der Waals surface area contributed by atoms with Crippen LogP contribution in [0.1, 0.15) is 0 Å². The molecule has 0 saturated heterocycles. The van der Waals surface area contributed by atoms with Crippen molar-refractivity contribution in [2.24, 2.45) is 0 Å². The molecule has 0 atom stereocenters. The monoisotopic (exact) mass is 240 g/mol. The van der Waals surface area contributed by atoms with E-state index in [1.807, 2.05) is 6.07 Å². The van der Waals surface area contributed by atoms with E-state index in [2.05, 4.69) is 15.9 Å². The number of hydrogen-bond donors (Lipinski definition) is 2. The van der Waals surface area contributed by atoms with Gasteiger partial charge in [0.15, 0.2) is 0 Å². The van der Waals surface area contributed by atoms with E-state index >= 15 is 0 Å². The van der Waals surface area contributed by atoms with Gasteiger partial charge in [-0.2, -0.15) is 0 Å². The van der Waals surface area contributed by atoms with Crippen LogP contribution in [0.2, 0.25) is 0 Å². The fourth-order valence-corrected chi connectivity index (χ4v) is 1.76. The quantitative estimate of drug-likeness (QED) is 0.728. The molecule has 0 spiro atoms. The summed E-state index contributed by atoms with van der Waals surface area (Å²) in [6, 6.07) is 5.24. The summed E-state index contributed by atoms with van der Waals surface area (Å²) in [5, 5.41) is 18.9. The first-order chi connectivity index (χ1) is 6.18. The maximum absolute atomic E-state index is 9.04. The minimum Gasteiger partial charge on any atom is -0.465 e. The number of benzene rings is 1. The van der Waals surface area contributed by atoms with Gasteiger partial charge in [0.05, 0.1) is 6.26 Å². The Bertz CT molecular complexity index is 438. The molecule has 2 rings (SSSR count). The maximum atomic E-state index is 9.04. The summed E-state index contributed by atoms with van der Waals surface area (Å²) in [6.45, 7) is 0. The Morgan fingerprint density at radius 2 is 2.08 bits per heavy atom. The summed E-state index contributed by atoms with van der Waals surface area (Å²) in [4.78, 5) is 0. The van der Waals surface area contributed by atoms with Gasteiger partial charge in [0, 0.05) is 15.3 Å².